The highest BCUT2D eigenvalue weighted by Crippen LogP contribution is 2.26. The van der Waals surface area contributed by atoms with E-state index in [0.29, 0.717) is 5.02 Å². The van der Waals surface area contributed by atoms with Crippen LogP contribution in [-0.4, -0.2) is 13.8 Å². The quantitative estimate of drug-likeness (QED) is 0.716. The van der Waals surface area contributed by atoms with Crippen LogP contribution in [0.15, 0.2) is 5.38 Å². The molecule has 1 radical (unpaired) electrons. The molecule has 0 amide bonds. The Morgan fingerprint density at radius 2 is 2.42 bits per heavy atom. The maximum atomic E-state index is 10.3. The van der Waals surface area contributed by atoms with Crippen molar-refractivity contribution in [3.8, 4) is 0 Å². The molecule has 1 aromatic heterocycles. The van der Waals surface area contributed by atoms with Crippen LogP contribution in [0.2, 0.25) is 5.02 Å². The zero-order valence-electron chi connectivity index (χ0n) is 6.24. The third-order valence-electron chi connectivity index (χ3n) is 1.39. The third-order valence-corrected chi connectivity index (χ3v) is 3.14. The summed E-state index contributed by atoms with van der Waals surface area (Å²) in [5, 5.41) is 6.33. The molecule has 0 bridgehead atoms. The van der Waals surface area contributed by atoms with Gasteiger partial charge in [0.15, 0.2) is 0 Å². The average Bonchev–Trinajstić information content (AvgIpc) is 2.33. The van der Waals surface area contributed by atoms with Crippen molar-refractivity contribution in [2.45, 2.75) is 12.8 Å². The van der Waals surface area contributed by atoms with Crippen LogP contribution in [0.3, 0.4) is 0 Å². The molecule has 0 N–H and O–H groups in total. The van der Waals surface area contributed by atoms with Gasteiger partial charge in [-0.15, -0.1) is 11.3 Å². The van der Waals surface area contributed by atoms with Crippen LogP contribution in [0.5, 0.6) is 0 Å². The summed E-state index contributed by atoms with van der Waals surface area (Å²) >= 11 is 7.10. The van der Waals surface area contributed by atoms with Gasteiger partial charge < -0.3 is 0 Å². The van der Waals surface area contributed by atoms with E-state index in [2.05, 4.69) is 5.38 Å². The minimum absolute atomic E-state index is 0.168. The van der Waals surface area contributed by atoms with E-state index in [4.69, 9.17) is 11.6 Å². The summed E-state index contributed by atoms with van der Waals surface area (Å²) < 4.78 is 20.6. The van der Waals surface area contributed by atoms with Gasteiger partial charge in [-0.25, -0.2) is 0 Å². The molecule has 1 aromatic rings. The van der Waals surface area contributed by atoms with E-state index in [-0.39, 0.29) is 5.92 Å². The van der Waals surface area contributed by atoms with Gasteiger partial charge >= 0.3 is 0 Å². The Bertz CT molecular complexity index is 383. The molecule has 0 spiro atoms. The van der Waals surface area contributed by atoms with Gasteiger partial charge in [0.25, 0.3) is 0 Å². The van der Waals surface area contributed by atoms with Gasteiger partial charge in [0.2, 0.25) is 10.3 Å². The van der Waals surface area contributed by atoms with Crippen LogP contribution in [0, 0.1) is 5.38 Å². The molecule has 2 nitrogen and oxygen atoms in total. The zero-order valence-corrected chi connectivity index (χ0v) is 8.63. The van der Waals surface area contributed by atoms with E-state index in [1.165, 1.54) is 16.7 Å². The summed E-state index contributed by atoms with van der Waals surface area (Å²) in [5.41, 5.74) is 0.811. The van der Waals surface area contributed by atoms with Crippen molar-refractivity contribution in [1.82, 2.24) is 0 Å². The fourth-order valence-corrected chi connectivity index (χ4v) is 2.45. The first-order chi connectivity index (χ1) is 5.61. The summed E-state index contributed by atoms with van der Waals surface area (Å²) in [4.78, 5) is 0. The third kappa shape index (κ3) is 2.33. The van der Waals surface area contributed by atoms with Crippen LogP contribution < -0.4 is 0 Å². The summed E-state index contributed by atoms with van der Waals surface area (Å²) in [6, 6.07) is 0. The second-order valence-corrected chi connectivity index (χ2v) is 4.14. The summed E-state index contributed by atoms with van der Waals surface area (Å²) in [7, 11) is -2.13. The molecule has 0 saturated heterocycles. The van der Waals surface area contributed by atoms with E-state index in [1.807, 2.05) is 0 Å². The molecule has 1 heterocycles. The Kier molecular flexibility index (Phi) is 3.31. The van der Waals surface area contributed by atoms with Gasteiger partial charge in [-0.05, 0) is 10.9 Å². The Hall–Kier alpha value is -0.320. The van der Waals surface area contributed by atoms with E-state index in [0.717, 1.165) is 5.56 Å². The fraction of sp³-hybridized carbons (Fsp3) is 0.286. The molecule has 0 aliphatic rings. The van der Waals surface area contributed by atoms with Crippen LogP contribution in [0.1, 0.15) is 18.4 Å². The molecule has 65 valence electrons. The molecule has 1 rings (SSSR count). The second kappa shape index (κ2) is 4.07. The van der Waals surface area contributed by atoms with Crippen LogP contribution in [0.4, 0.5) is 0 Å². The van der Waals surface area contributed by atoms with Crippen molar-refractivity contribution in [3.05, 3.63) is 21.3 Å². The minimum Gasteiger partial charge on any atom is -0.185 e. The first kappa shape index (κ1) is 9.77. The molecule has 0 aliphatic heterocycles. The fourth-order valence-electron chi connectivity index (χ4n) is 0.803. The Morgan fingerprint density at radius 1 is 1.75 bits per heavy atom. The standard InChI is InChI=1S/C7H6ClO2S2/c1-5(4-12(9)10)6-2-11-3-7(6)8/h2,4-5H,1H3. The first-order valence-corrected chi connectivity index (χ1v) is 5.58. The van der Waals surface area contributed by atoms with Crippen molar-refractivity contribution >= 4 is 38.6 Å². The van der Waals surface area contributed by atoms with E-state index in [1.54, 1.807) is 12.3 Å². The Morgan fingerprint density at radius 3 is 2.83 bits per heavy atom. The van der Waals surface area contributed by atoms with Gasteiger partial charge in [-0.1, -0.05) is 18.5 Å². The summed E-state index contributed by atoms with van der Waals surface area (Å²) in [6.07, 6.45) is 0. The van der Waals surface area contributed by atoms with Crippen LogP contribution >= 0.6 is 22.9 Å². The molecule has 12 heavy (non-hydrogen) atoms. The van der Waals surface area contributed by atoms with Crippen molar-refractivity contribution in [3.63, 3.8) is 0 Å². The lowest BCUT2D eigenvalue weighted by Gasteiger charge is -1.99. The molecule has 1 unspecified atom stereocenters. The lowest BCUT2D eigenvalue weighted by atomic mass is 10.1. The molecular formula is C7H6ClO2S2. The maximum absolute atomic E-state index is 10.3. The van der Waals surface area contributed by atoms with Crippen molar-refractivity contribution < 1.29 is 8.42 Å². The van der Waals surface area contributed by atoms with E-state index in [9.17, 15) is 8.42 Å². The lowest BCUT2D eigenvalue weighted by molar-refractivity contribution is 0.627. The largest absolute Gasteiger partial charge is 0.210 e. The molecule has 0 saturated carbocycles. The van der Waals surface area contributed by atoms with Gasteiger partial charge in [0.1, 0.15) is 0 Å². The molecule has 5 heteroatoms. The number of hydrogen-bond acceptors (Lipinski definition) is 3. The highest BCUT2D eigenvalue weighted by Gasteiger charge is 2.08. The molecule has 0 fully saturated rings. The van der Waals surface area contributed by atoms with Crippen molar-refractivity contribution in [1.29, 1.82) is 0 Å². The number of hydrogen-bond donors (Lipinski definition) is 0. The molecular weight excluding hydrogens is 216 g/mol. The topological polar surface area (TPSA) is 34.1 Å². The zero-order chi connectivity index (χ0) is 9.14. The summed E-state index contributed by atoms with van der Waals surface area (Å²) in [5.74, 6) is -0.168. The first-order valence-electron chi connectivity index (χ1n) is 3.19. The smallest absolute Gasteiger partial charge is 0.185 e. The Balaban J connectivity index is 3.00. The normalized spacial score (nSPS) is 12.5. The SMILES string of the molecule is CC(C=S(=O)=O)c1cs[c]c1Cl. The molecule has 0 aromatic carbocycles. The van der Waals surface area contributed by atoms with Gasteiger partial charge in [-0.3, -0.25) is 0 Å². The highest BCUT2D eigenvalue weighted by atomic mass is 35.5. The van der Waals surface area contributed by atoms with Gasteiger partial charge in [0.05, 0.1) is 10.4 Å². The Labute approximate surface area is 81.3 Å². The van der Waals surface area contributed by atoms with Crippen molar-refractivity contribution in [2.24, 2.45) is 0 Å². The second-order valence-electron chi connectivity index (χ2n) is 2.29. The predicted octanol–water partition coefficient (Wildman–Crippen LogP) is 1.99. The average molecular weight is 222 g/mol. The van der Waals surface area contributed by atoms with E-state index < -0.39 is 10.3 Å². The van der Waals surface area contributed by atoms with Crippen molar-refractivity contribution in [2.75, 3.05) is 0 Å². The maximum Gasteiger partial charge on any atom is 0.210 e. The van der Waals surface area contributed by atoms with Gasteiger partial charge in [0, 0.05) is 11.3 Å². The number of halogens is 1. The minimum atomic E-state index is -2.13. The number of thiophene rings is 1. The highest BCUT2D eigenvalue weighted by molar-refractivity contribution is 7.71. The van der Waals surface area contributed by atoms with E-state index >= 15 is 0 Å². The predicted molar refractivity (Wildman–Crippen MR) is 51.6 cm³/mol. The summed E-state index contributed by atoms with van der Waals surface area (Å²) in [6.45, 7) is 1.78. The number of rotatable bonds is 2. The van der Waals surface area contributed by atoms with Crippen LogP contribution in [0.25, 0.3) is 0 Å². The monoisotopic (exact) mass is 221 g/mol. The van der Waals surface area contributed by atoms with Gasteiger partial charge in [-0.2, -0.15) is 8.42 Å². The lowest BCUT2D eigenvalue weighted by Crippen LogP contribution is -1.93. The molecule has 1 atom stereocenters. The molecule has 0 aliphatic carbocycles. The van der Waals surface area contributed by atoms with Crippen LogP contribution in [-0.2, 0) is 10.3 Å².